The molecule has 0 aromatic carbocycles. The van der Waals surface area contributed by atoms with Gasteiger partial charge >= 0.3 is 11.9 Å². The smallest absolute Gasteiger partial charge is 0.306 e. The first-order valence-electron chi connectivity index (χ1n) is 28.1. The first-order valence-corrected chi connectivity index (χ1v) is 28.1. The van der Waals surface area contributed by atoms with Crippen LogP contribution in [0.2, 0.25) is 0 Å². The van der Waals surface area contributed by atoms with Crippen LogP contribution < -0.4 is 0 Å². The van der Waals surface area contributed by atoms with E-state index in [1.54, 1.807) is 0 Å². The Hall–Kier alpha value is -2.92. The lowest BCUT2D eigenvalue weighted by atomic mass is 10.1. The fraction of sp³-hybridized carbons (Fsp3) is 0.738. The highest BCUT2D eigenvalue weighted by atomic mass is 16.6. The summed E-state index contributed by atoms with van der Waals surface area (Å²) in [4.78, 5) is 25.4. The van der Waals surface area contributed by atoms with Crippen molar-refractivity contribution in [2.75, 3.05) is 19.8 Å². The van der Waals surface area contributed by atoms with Crippen LogP contribution in [0.4, 0.5) is 0 Å². The number of hydrogen-bond acceptors (Lipinski definition) is 5. The predicted molar refractivity (Wildman–Crippen MR) is 288 cm³/mol. The lowest BCUT2D eigenvalue weighted by Gasteiger charge is -2.18. The summed E-state index contributed by atoms with van der Waals surface area (Å²) in [7, 11) is 0. The number of ether oxygens (including phenoxy) is 3. The van der Waals surface area contributed by atoms with Crippen LogP contribution in [0.15, 0.2) is 85.1 Å². The molecule has 1 unspecified atom stereocenters. The topological polar surface area (TPSA) is 61.8 Å². The van der Waals surface area contributed by atoms with E-state index in [2.05, 4.69) is 106 Å². The van der Waals surface area contributed by atoms with Gasteiger partial charge in [-0.25, -0.2) is 0 Å². The van der Waals surface area contributed by atoms with E-state index in [0.717, 1.165) is 89.9 Å². The summed E-state index contributed by atoms with van der Waals surface area (Å²) < 4.78 is 17.4. The van der Waals surface area contributed by atoms with Gasteiger partial charge in [0, 0.05) is 19.4 Å². The van der Waals surface area contributed by atoms with E-state index in [9.17, 15) is 9.59 Å². The maximum Gasteiger partial charge on any atom is 0.306 e. The molecule has 0 N–H and O–H groups in total. The molecule has 0 aromatic heterocycles. The van der Waals surface area contributed by atoms with Crippen LogP contribution in [0.1, 0.15) is 265 Å². The molecule has 380 valence electrons. The highest BCUT2D eigenvalue weighted by Gasteiger charge is 2.17. The molecule has 0 saturated heterocycles. The summed E-state index contributed by atoms with van der Waals surface area (Å²) in [6.07, 6.45) is 74.6. The van der Waals surface area contributed by atoms with Crippen molar-refractivity contribution in [3.05, 3.63) is 85.1 Å². The van der Waals surface area contributed by atoms with Crippen LogP contribution in [0, 0.1) is 0 Å². The lowest BCUT2D eigenvalue weighted by molar-refractivity contribution is -0.163. The molecular weight excluding hydrogens is 813 g/mol. The molecule has 0 radical (unpaired) electrons. The lowest BCUT2D eigenvalue weighted by Crippen LogP contribution is -2.30. The van der Waals surface area contributed by atoms with Crippen molar-refractivity contribution in [3.8, 4) is 0 Å². The Bertz CT molecular complexity index is 1220. The van der Waals surface area contributed by atoms with Crippen molar-refractivity contribution < 1.29 is 23.8 Å². The minimum absolute atomic E-state index is 0.0680. The molecule has 0 spiro atoms. The fourth-order valence-electron chi connectivity index (χ4n) is 7.69. The van der Waals surface area contributed by atoms with Crippen LogP contribution in [-0.4, -0.2) is 37.9 Å². The summed E-state index contributed by atoms with van der Waals surface area (Å²) >= 11 is 0. The van der Waals surface area contributed by atoms with Gasteiger partial charge < -0.3 is 14.2 Å². The van der Waals surface area contributed by atoms with Gasteiger partial charge in [0.25, 0.3) is 0 Å². The molecular formula is C61H106O5. The zero-order chi connectivity index (χ0) is 47.7. The van der Waals surface area contributed by atoms with E-state index >= 15 is 0 Å². The fourth-order valence-corrected chi connectivity index (χ4v) is 7.69. The number of esters is 2. The Morgan fingerprint density at radius 2 is 0.697 bits per heavy atom. The summed E-state index contributed by atoms with van der Waals surface area (Å²) in [5.41, 5.74) is 0. The van der Waals surface area contributed by atoms with E-state index in [0.29, 0.717) is 19.4 Å². The van der Waals surface area contributed by atoms with E-state index in [1.165, 1.54) is 141 Å². The number of hydrogen-bond donors (Lipinski definition) is 0. The average molecular weight is 920 g/mol. The van der Waals surface area contributed by atoms with Gasteiger partial charge in [-0.15, -0.1) is 0 Å². The van der Waals surface area contributed by atoms with Crippen LogP contribution in [-0.2, 0) is 23.8 Å². The van der Waals surface area contributed by atoms with Gasteiger partial charge in [0.1, 0.15) is 6.61 Å². The van der Waals surface area contributed by atoms with E-state index < -0.39 is 6.10 Å². The third-order valence-electron chi connectivity index (χ3n) is 11.9. The number of unbranched alkanes of at least 4 members (excludes halogenated alkanes) is 26. The Kier molecular flexibility index (Phi) is 53.9. The van der Waals surface area contributed by atoms with Gasteiger partial charge in [-0.2, -0.15) is 0 Å². The molecule has 0 heterocycles. The maximum absolute atomic E-state index is 12.8. The van der Waals surface area contributed by atoms with Gasteiger partial charge in [0.15, 0.2) is 6.10 Å². The molecule has 1 atom stereocenters. The number of allylic oxidation sites excluding steroid dienone is 14. The highest BCUT2D eigenvalue weighted by molar-refractivity contribution is 5.70. The Balaban J connectivity index is 4.27. The molecule has 5 heteroatoms. The monoisotopic (exact) mass is 919 g/mol. The van der Waals surface area contributed by atoms with Crippen molar-refractivity contribution in [2.24, 2.45) is 0 Å². The standard InChI is InChI=1S/C61H106O5/c1-4-7-10-13-16-19-22-24-26-28-30-32-34-36-38-41-44-47-50-53-56-64-57-59(66-61(63)55-52-49-46-43-39-21-18-15-12-9-6-3)58-65-60(62)54-51-48-45-42-40-37-35-33-31-29-27-25-23-20-17-14-11-8-5-2/h7,10,15-16,18-19,24-27,30,32,36,38,59H,4-6,8-9,11-14,17,20-23,28-29,31,33-35,37,39-58H2,1-3H3/b10-7-,18-15-,19-16-,26-24-,27-25-,32-30-,38-36-. The van der Waals surface area contributed by atoms with Gasteiger partial charge in [-0.3, -0.25) is 9.59 Å². The van der Waals surface area contributed by atoms with Gasteiger partial charge in [0.2, 0.25) is 0 Å². The second kappa shape index (κ2) is 56.4. The molecule has 0 amide bonds. The zero-order valence-electron chi connectivity index (χ0n) is 43.7. The van der Waals surface area contributed by atoms with Crippen LogP contribution in [0.3, 0.4) is 0 Å². The van der Waals surface area contributed by atoms with Crippen LogP contribution in [0.25, 0.3) is 0 Å². The summed E-state index contributed by atoms with van der Waals surface area (Å²) in [5.74, 6) is -0.422. The number of carbonyl (C=O) groups is 2. The minimum Gasteiger partial charge on any atom is -0.462 e. The summed E-state index contributed by atoms with van der Waals surface area (Å²) in [6, 6.07) is 0. The molecule has 0 fully saturated rings. The molecule has 0 aliphatic carbocycles. The summed E-state index contributed by atoms with van der Waals surface area (Å²) in [5, 5.41) is 0. The van der Waals surface area contributed by atoms with E-state index in [-0.39, 0.29) is 25.2 Å². The number of rotatable bonds is 51. The van der Waals surface area contributed by atoms with Gasteiger partial charge in [0.05, 0.1) is 6.61 Å². The van der Waals surface area contributed by atoms with E-state index in [1.807, 2.05) is 0 Å². The molecule has 0 aliphatic rings. The van der Waals surface area contributed by atoms with Crippen LogP contribution >= 0.6 is 0 Å². The number of carbonyl (C=O) groups excluding carboxylic acids is 2. The highest BCUT2D eigenvalue weighted by Crippen LogP contribution is 2.14. The van der Waals surface area contributed by atoms with Crippen molar-refractivity contribution in [1.82, 2.24) is 0 Å². The third kappa shape index (κ3) is 53.7. The van der Waals surface area contributed by atoms with Gasteiger partial charge in [-0.05, 0) is 109 Å². The van der Waals surface area contributed by atoms with Crippen LogP contribution in [0.5, 0.6) is 0 Å². The average Bonchev–Trinajstić information content (AvgIpc) is 3.32. The zero-order valence-corrected chi connectivity index (χ0v) is 43.7. The van der Waals surface area contributed by atoms with E-state index in [4.69, 9.17) is 14.2 Å². The normalized spacial score (nSPS) is 12.8. The maximum atomic E-state index is 12.8. The van der Waals surface area contributed by atoms with Crippen molar-refractivity contribution in [1.29, 1.82) is 0 Å². The Labute approximate surface area is 409 Å². The van der Waals surface area contributed by atoms with Crippen molar-refractivity contribution >= 4 is 11.9 Å². The Morgan fingerprint density at radius 3 is 1.15 bits per heavy atom. The molecule has 5 nitrogen and oxygen atoms in total. The SMILES string of the molecule is CC/C=C\C/C=C\C/C=C\C/C=C\C/C=C\CCCCCCOCC(COC(=O)CCCCCCCCCCC/C=C\CCCCCCCC)OC(=O)CCCCCCC/C=C\CCCC. The van der Waals surface area contributed by atoms with Gasteiger partial charge in [-0.1, -0.05) is 228 Å². The quantitative estimate of drug-likeness (QED) is 0.0346. The molecule has 0 bridgehead atoms. The Morgan fingerprint density at radius 1 is 0.348 bits per heavy atom. The second-order valence-corrected chi connectivity index (χ2v) is 18.4. The molecule has 0 rings (SSSR count). The molecule has 0 saturated carbocycles. The molecule has 66 heavy (non-hydrogen) atoms. The molecule has 0 aromatic rings. The predicted octanol–water partition coefficient (Wildman–Crippen LogP) is 19.2. The molecule has 0 aliphatic heterocycles. The first-order chi connectivity index (χ1) is 32.6. The largest absolute Gasteiger partial charge is 0.462 e. The van der Waals surface area contributed by atoms with Crippen molar-refractivity contribution in [3.63, 3.8) is 0 Å². The second-order valence-electron chi connectivity index (χ2n) is 18.4. The summed E-state index contributed by atoms with van der Waals surface area (Å²) in [6.45, 7) is 7.62. The minimum atomic E-state index is -0.558. The first kappa shape index (κ1) is 63.1. The third-order valence-corrected chi connectivity index (χ3v) is 11.9. The van der Waals surface area contributed by atoms with Crippen molar-refractivity contribution in [2.45, 2.75) is 271 Å².